The number of hydrogen-bond acceptors (Lipinski definition) is 4. The molecule has 0 spiro atoms. The SMILES string of the molecule is CCNC(=NCC(c1c(F)cccc1Cl)N1CCOC(C)C1)NCCCOC.I. The average molecular weight is 543 g/mol. The van der Waals surface area contributed by atoms with E-state index >= 15 is 0 Å². The first-order valence-corrected chi connectivity index (χ1v) is 10.2. The van der Waals surface area contributed by atoms with Gasteiger partial charge < -0.3 is 20.1 Å². The summed E-state index contributed by atoms with van der Waals surface area (Å²) < 4.78 is 25.4. The van der Waals surface area contributed by atoms with Crippen molar-refractivity contribution in [2.24, 2.45) is 4.99 Å². The monoisotopic (exact) mass is 542 g/mol. The second-order valence-corrected chi connectivity index (χ2v) is 7.23. The largest absolute Gasteiger partial charge is 0.385 e. The fourth-order valence-corrected chi connectivity index (χ4v) is 3.58. The lowest BCUT2D eigenvalue weighted by Crippen LogP contribution is -2.45. The van der Waals surface area contributed by atoms with Crippen molar-refractivity contribution in [3.05, 3.63) is 34.6 Å². The van der Waals surface area contributed by atoms with Crippen molar-refractivity contribution in [3.63, 3.8) is 0 Å². The van der Waals surface area contributed by atoms with Gasteiger partial charge in [0.25, 0.3) is 0 Å². The Bertz CT molecular complexity index is 618. The molecule has 166 valence electrons. The second-order valence-electron chi connectivity index (χ2n) is 6.82. The van der Waals surface area contributed by atoms with Crippen LogP contribution in [0.25, 0.3) is 0 Å². The second kappa shape index (κ2) is 14.3. The first-order chi connectivity index (χ1) is 13.6. The number of guanidine groups is 1. The summed E-state index contributed by atoms with van der Waals surface area (Å²) in [6, 6.07) is 4.56. The zero-order valence-corrected chi connectivity index (χ0v) is 20.5. The Labute approximate surface area is 195 Å². The molecule has 1 aliphatic heterocycles. The smallest absolute Gasteiger partial charge is 0.191 e. The normalized spacial score (nSPS) is 18.8. The molecule has 29 heavy (non-hydrogen) atoms. The highest BCUT2D eigenvalue weighted by Crippen LogP contribution is 2.31. The molecule has 2 rings (SSSR count). The standard InChI is InChI=1S/C20H32ClFN4O2.HI/c1-4-23-20(24-9-6-11-27-3)25-13-18(26-10-12-28-15(2)14-26)19-16(21)7-5-8-17(19)22;/h5,7-8,15,18H,4,6,9-14H2,1-3H3,(H2,23,24,25);1H. The van der Waals surface area contributed by atoms with Gasteiger partial charge in [-0.15, -0.1) is 24.0 Å². The van der Waals surface area contributed by atoms with Gasteiger partial charge in [-0.3, -0.25) is 9.89 Å². The number of methoxy groups -OCH3 is 1. The summed E-state index contributed by atoms with van der Waals surface area (Å²) >= 11 is 6.38. The van der Waals surface area contributed by atoms with E-state index in [9.17, 15) is 4.39 Å². The molecular formula is C20H33ClFIN4O2. The van der Waals surface area contributed by atoms with Gasteiger partial charge in [-0.25, -0.2) is 4.39 Å². The van der Waals surface area contributed by atoms with Crippen LogP contribution in [-0.4, -0.2) is 70.0 Å². The van der Waals surface area contributed by atoms with Gasteiger partial charge in [0, 0.05) is 50.5 Å². The van der Waals surface area contributed by atoms with Crippen molar-refractivity contribution in [2.45, 2.75) is 32.4 Å². The van der Waals surface area contributed by atoms with Crippen LogP contribution in [0.3, 0.4) is 0 Å². The lowest BCUT2D eigenvalue weighted by atomic mass is 10.0. The van der Waals surface area contributed by atoms with Crippen molar-refractivity contribution in [3.8, 4) is 0 Å². The maximum Gasteiger partial charge on any atom is 0.191 e. The van der Waals surface area contributed by atoms with Crippen molar-refractivity contribution in [2.75, 3.05) is 53.0 Å². The summed E-state index contributed by atoms with van der Waals surface area (Å²) in [6.45, 7) is 8.66. The molecule has 2 atom stereocenters. The van der Waals surface area contributed by atoms with Gasteiger partial charge in [0.05, 0.1) is 25.3 Å². The molecule has 1 heterocycles. The zero-order chi connectivity index (χ0) is 20.4. The van der Waals surface area contributed by atoms with E-state index in [-0.39, 0.29) is 41.9 Å². The van der Waals surface area contributed by atoms with Crippen LogP contribution in [0, 0.1) is 5.82 Å². The molecule has 1 aromatic carbocycles. The van der Waals surface area contributed by atoms with Crippen LogP contribution >= 0.6 is 35.6 Å². The highest BCUT2D eigenvalue weighted by atomic mass is 127. The van der Waals surface area contributed by atoms with Gasteiger partial charge in [-0.05, 0) is 32.4 Å². The van der Waals surface area contributed by atoms with E-state index in [0.717, 1.165) is 19.5 Å². The Hall–Kier alpha value is -0.680. The Kier molecular flexibility index (Phi) is 13.0. The fraction of sp³-hybridized carbons (Fsp3) is 0.650. The summed E-state index contributed by atoms with van der Waals surface area (Å²) in [6.07, 6.45) is 0.968. The topological polar surface area (TPSA) is 58.1 Å². The highest BCUT2D eigenvalue weighted by Gasteiger charge is 2.29. The lowest BCUT2D eigenvalue weighted by molar-refractivity contribution is -0.0336. The van der Waals surface area contributed by atoms with Crippen molar-refractivity contribution in [1.82, 2.24) is 15.5 Å². The zero-order valence-electron chi connectivity index (χ0n) is 17.4. The minimum atomic E-state index is -0.301. The van der Waals surface area contributed by atoms with Crippen LogP contribution in [0.15, 0.2) is 23.2 Å². The van der Waals surface area contributed by atoms with E-state index in [1.165, 1.54) is 6.07 Å². The predicted octanol–water partition coefficient (Wildman–Crippen LogP) is 3.45. The Morgan fingerprint density at radius 3 is 2.90 bits per heavy atom. The third-order valence-corrected chi connectivity index (χ3v) is 4.96. The van der Waals surface area contributed by atoms with E-state index < -0.39 is 0 Å². The highest BCUT2D eigenvalue weighted by molar-refractivity contribution is 14.0. The molecule has 2 unspecified atom stereocenters. The van der Waals surface area contributed by atoms with Crippen molar-refractivity contribution in [1.29, 1.82) is 0 Å². The van der Waals surface area contributed by atoms with E-state index in [4.69, 9.17) is 26.1 Å². The number of nitrogens with one attached hydrogen (secondary N) is 2. The van der Waals surface area contributed by atoms with Crippen LogP contribution in [0.5, 0.6) is 0 Å². The molecule has 1 saturated heterocycles. The van der Waals surface area contributed by atoms with Gasteiger partial charge in [0.1, 0.15) is 5.82 Å². The number of hydrogen-bond donors (Lipinski definition) is 2. The molecule has 6 nitrogen and oxygen atoms in total. The van der Waals surface area contributed by atoms with Gasteiger partial charge in [-0.2, -0.15) is 0 Å². The van der Waals surface area contributed by atoms with Crippen LogP contribution in [0.1, 0.15) is 31.9 Å². The van der Waals surface area contributed by atoms with Gasteiger partial charge in [0.15, 0.2) is 5.96 Å². The number of morpholine rings is 1. The van der Waals surface area contributed by atoms with Crippen LogP contribution in [-0.2, 0) is 9.47 Å². The van der Waals surface area contributed by atoms with Crippen molar-refractivity contribution >= 4 is 41.5 Å². The van der Waals surface area contributed by atoms with E-state index in [1.54, 1.807) is 19.2 Å². The van der Waals surface area contributed by atoms with Gasteiger partial charge in [0.2, 0.25) is 0 Å². The lowest BCUT2D eigenvalue weighted by Gasteiger charge is -2.37. The minimum Gasteiger partial charge on any atom is -0.385 e. The molecule has 0 radical (unpaired) electrons. The maximum absolute atomic E-state index is 14.7. The number of rotatable bonds is 9. The van der Waals surface area contributed by atoms with Crippen LogP contribution in [0.2, 0.25) is 5.02 Å². The summed E-state index contributed by atoms with van der Waals surface area (Å²) in [7, 11) is 1.69. The first-order valence-electron chi connectivity index (χ1n) is 9.87. The molecule has 0 aromatic heterocycles. The molecule has 1 aromatic rings. The molecule has 0 amide bonds. The molecule has 2 N–H and O–H groups in total. The molecule has 0 saturated carbocycles. The molecule has 0 aliphatic carbocycles. The summed E-state index contributed by atoms with van der Waals surface area (Å²) in [5, 5.41) is 6.96. The van der Waals surface area contributed by atoms with Crippen molar-refractivity contribution < 1.29 is 13.9 Å². The number of halogens is 3. The Morgan fingerprint density at radius 1 is 1.45 bits per heavy atom. The van der Waals surface area contributed by atoms with Gasteiger partial charge >= 0.3 is 0 Å². The number of ether oxygens (including phenoxy) is 2. The minimum absolute atomic E-state index is 0. The Balaban J connectivity index is 0.00000420. The summed E-state index contributed by atoms with van der Waals surface area (Å²) in [5.41, 5.74) is 0.497. The Morgan fingerprint density at radius 2 is 2.24 bits per heavy atom. The molecule has 1 fully saturated rings. The number of aliphatic imine (C=N–C) groups is 1. The quantitative estimate of drug-likeness (QED) is 0.217. The van der Waals surface area contributed by atoms with E-state index in [1.807, 2.05) is 13.8 Å². The van der Waals surface area contributed by atoms with Crippen LogP contribution < -0.4 is 10.6 Å². The van der Waals surface area contributed by atoms with Gasteiger partial charge in [-0.1, -0.05) is 17.7 Å². The summed E-state index contributed by atoms with van der Waals surface area (Å²) in [5.74, 6) is 0.405. The third-order valence-electron chi connectivity index (χ3n) is 4.63. The molecular weight excluding hydrogens is 510 g/mol. The first kappa shape index (κ1) is 26.4. The maximum atomic E-state index is 14.7. The number of benzene rings is 1. The number of nitrogens with zero attached hydrogens (tertiary/aromatic N) is 2. The van der Waals surface area contributed by atoms with E-state index in [2.05, 4.69) is 15.5 Å². The van der Waals surface area contributed by atoms with Crippen LogP contribution in [0.4, 0.5) is 4.39 Å². The molecule has 9 heteroatoms. The predicted molar refractivity (Wildman–Crippen MR) is 127 cm³/mol. The third kappa shape index (κ3) is 8.53. The molecule has 1 aliphatic rings. The summed E-state index contributed by atoms with van der Waals surface area (Å²) in [4.78, 5) is 6.92. The average Bonchev–Trinajstić information content (AvgIpc) is 2.67. The fourth-order valence-electron chi connectivity index (χ4n) is 3.29. The molecule has 0 bridgehead atoms. The van der Waals surface area contributed by atoms with E-state index in [0.29, 0.717) is 49.4 Å².